The molecule has 0 bridgehead atoms. The molecule has 0 atom stereocenters. The van der Waals surface area contributed by atoms with E-state index < -0.39 is 0 Å². The summed E-state index contributed by atoms with van der Waals surface area (Å²) in [6.07, 6.45) is 1.69. The lowest BCUT2D eigenvalue weighted by molar-refractivity contribution is 0.170. The number of aryl methyl sites for hydroxylation is 1. The van der Waals surface area contributed by atoms with Gasteiger partial charge in [0.2, 0.25) is 0 Å². The Bertz CT molecular complexity index is 277. The maximum absolute atomic E-state index is 8.80. The van der Waals surface area contributed by atoms with E-state index in [0.717, 1.165) is 5.69 Å². The summed E-state index contributed by atoms with van der Waals surface area (Å²) in [4.78, 5) is 8.15. The molecule has 0 radical (unpaired) electrons. The Labute approximate surface area is 82.8 Å². The van der Waals surface area contributed by atoms with Crippen molar-refractivity contribution in [2.75, 3.05) is 13.2 Å². The van der Waals surface area contributed by atoms with E-state index in [1.807, 2.05) is 6.92 Å². The van der Waals surface area contributed by atoms with Gasteiger partial charge >= 0.3 is 0 Å². The summed E-state index contributed by atoms with van der Waals surface area (Å²) < 4.78 is 0. The van der Waals surface area contributed by atoms with Gasteiger partial charge in [0.1, 0.15) is 5.82 Å². The Morgan fingerprint density at radius 3 is 2.71 bits per heavy atom. The minimum absolute atomic E-state index is 0.0828. The van der Waals surface area contributed by atoms with E-state index >= 15 is 0 Å². The van der Waals surface area contributed by atoms with Crippen LogP contribution in [0.25, 0.3) is 0 Å². The molecule has 0 aliphatic heterocycles. The first-order chi connectivity index (χ1) is 6.76. The second-order valence-corrected chi connectivity index (χ2v) is 3.04. The summed E-state index contributed by atoms with van der Waals surface area (Å²) >= 11 is 0. The van der Waals surface area contributed by atoms with Gasteiger partial charge in [0.15, 0.2) is 0 Å². The fourth-order valence-corrected chi connectivity index (χ4v) is 1.04. The summed E-state index contributed by atoms with van der Waals surface area (Å²) in [5.74, 6) is 0.717. The molecule has 3 N–H and O–H groups in total. The number of nitrogens with one attached hydrogen (secondary N) is 1. The number of nitrogens with zero attached hydrogens (tertiary/aromatic N) is 2. The molecule has 0 saturated carbocycles. The van der Waals surface area contributed by atoms with Crippen molar-refractivity contribution in [3.05, 3.63) is 23.8 Å². The summed E-state index contributed by atoms with van der Waals surface area (Å²) in [5.41, 5.74) is 0.851. The van der Waals surface area contributed by atoms with Crippen LogP contribution in [0.1, 0.15) is 11.5 Å². The largest absolute Gasteiger partial charge is 0.395 e. The lowest BCUT2D eigenvalue weighted by Crippen LogP contribution is -2.35. The predicted molar refractivity (Wildman–Crippen MR) is 51.6 cm³/mol. The number of aliphatic hydroxyl groups is 2. The summed E-state index contributed by atoms with van der Waals surface area (Å²) in [6.45, 7) is 2.18. The van der Waals surface area contributed by atoms with Crippen molar-refractivity contribution in [2.45, 2.75) is 19.5 Å². The molecule has 0 unspecified atom stereocenters. The van der Waals surface area contributed by atoms with Gasteiger partial charge < -0.3 is 15.5 Å². The molecule has 1 aromatic heterocycles. The van der Waals surface area contributed by atoms with Crippen LogP contribution in [-0.2, 0) is 6.54 Å². The van der Waals surface area contributed by atoms with Gasteiger partial charge in [-0.2, -0.15) is 0 Å². The zero-order valence-electron chi connectivity index (χ0n) is 8.14. The maximum Gasteiger partial charge on any atom is 0.125 e. The molecule has 0 amide bonds. The fraction of sp³-hybridized carbons (Fsp3) is 0.556. The molecule has 0 spiro atoms. The van der Waals surface area contributed by atoms with Crippen LogP contribution in [0.2, 0.25) is 0 Å². The van der Waals surface area contributed by atoms with E-state index in [9.17, 15) is 0 Å². The van der Waals surface area contributed by atoms with Crippen LogP contribution in [0, 0.1) is 6.92 Å². The standard InChI is InChI=1S/C9H15N3O2/c1-7-10-3-2-8(12-7)4-11-9(5-13)6-14/h2-3,9,11,13-14H,4-6H2,1H3. The second-order valence-electron chi connectivity index (χ2n) is 3.04. The third kappa shape index (κ3) is 3.37. The van der Waals surface area contributed by atoms with Gasteiger partial charge in [0.25, 0.3) is 0 Å². The summed E-state index contributed by atoms with van der Waals surface area (Å²) in [5, 5.41) is 20.6. The number of hydrogen-bond donors (Lipinski definition) is 3. The summed E-state index contributed by atoms with van der Waals surface area (Å²) in [6, 6.07) is 1.51. The lowest BCUT2D eigenvalue weighted by Gasteiger charge is -2.12. The van der Waals surface area contributed by atoms with Crippen molar-refractivity contribution in [1.82, 2.24) is 15.3 Å². The molecule has 0 aliphatic carbocycles. The Morgan fingerprint density at radius 1 is 1.43 bits per heavy atom. The second kappa shape index (κ2) is 5.64. The minimum atomic E-state index is -0.287. The number of aromatic nitrogens is 2. The SMILES string of the molecule is Cc1nccc(CNC(CO)CO)n1. The van der Waals surface area contributed by atoms with E-state index in [1.165, 1.54) is 0 Å². The molecule has 5 heteroatoms. The average molecular weight is 197 g/mol. The zero-order valence-corrected chi connectivity index (χ0v) is 8.14. The molecule has 1 heterocycles. The third-order valence-corrected chi connectivity index (χ3v) is 1.85. The molecule has 14 heavy (non-hydrogen) atoms. The molecule has 1 rings (SSSR count). The van der Waals surface area contributed by atoms with Crippen molar-refractivity contribution >= 4 is 0 Å². The Morgan fingerprint density at radius 2 is 2.14 bits per heavy atom. The highest BCUT2D eigenvalue weighted by Gasteiger charge is 2.04. The lowest BCUT2D eigenvalue weighted by atomic mass is 10.3. The molecule has 0 fully saturated rings. The van der Waals surface area contributed by atoms with Crippen LogP contribution < -0.4 is 5.32 Å². The van der Waals surface area contributed by atoms with Gasteiger partial charge in [-0.1, -0.05) is 0 Å². The van der Waals surface area contributed by atoms with Gasteiger partial charge in [-0.05, 0) is 13.0 Å². The van der Waals surface area contributed by atoms with E-state index in [1.54, 1.807) is 12.3 Å². The molecule has 5 nitrogen and oxygen atoms in total. The highest BCUT2D eigenvalue weighted by molar-refractivity contribution is 5.01. The van der Waals surface area contributed by atoms with Crippen molar-refractivity contribution in [3.8, 4) is 0 Å². The molecule has 0 aliphatic rings. The molecule has 1 aromatic rings. The maximum atomic E-state index is 8.80. The molecular weight excluding hydrogens is 182 g/mol. The van der Waals surface area contributed by atoms with Gasteiger partial charge in [-0.15, -0.1) is 0 Å². The van der Waals surface area contributed by atoms with Gasteiger partial charge in [0.05, 0.1) is 24.9 Å². The van der Waals surface area contributed by atoms with Crippen molar-refractivity contribution in [2.24, 2.45) is 0 Å². The number of hydrogen-bond acceptors (Lipinski definition) is 5. The highest BCUT2D eigenvalue weighted by Crippen LogP contribution is 1.94. The van der Waals surface area contributed by atoms with E-state index in [0.29, 0.717) is 12.4 Å². The van der Waals surface area contributed by atoms with Gasteiger partial charge in [-0.25, -0.2) is 9.97 Å². The average Bonchev–Trinajstić information content (AvgIpc) is 2.19. The normalized spacial score (nSPS) is 10.9. The summed E-state index contributed by atoms with van der Waals surface area (Å²) in [7, 11) is 0. The van der Waals surface area contributed by atoms with E-state index in [4.69, 9.17) is 10.2 Å². The van der Waals surface area contributed by atoms with Crippen molar-refractivity contribution < 1.29 is 10.2 Å². The topological polar surface area (TPSA) is 78.3 Å². The van der Waals surface area contributed by atoms with Crippen molar-refractivity contribution in [3.63, 3.8) is 0 Å². The molecule has 0 aromatic carbocycles. The first-order valence-corrected chi connectivity index (χ1v) is 4.50. The highest BCUT2D eigenvalue weighted by atomic mass is 16.3. The quantitative estimate of drug-likeness (QED) is 0.577. The Kier molecular flexibility index (Phi) is 4.45. The Balaban J connectivity index is 2.44. The van der Waals surface area contributed by atoms with E-state index in [2.05, 4.69) is 15.3 Å². The van der Waals surface area contributed by atoms with Gasteiger partial charge in [-0.3, -0.25) is 0 Å². The number of aliphatic hydroxyl groups excluding tert-OH is 2. The molecular formula is C9H15N3O2. The van der Waals surface area contributed by atoms with Crippen LogP contribution in [0.5, 0.6) is 0 Å². The number of rotatable bonds is 5. The van der Waals surface area contributed by atoms with Crippen molar-refractivity contribution in [1.29, 1.82) is 0 Å². The fourth-order valence-electron chi connectivity index (χ4n) is 1.04. The van der Waals surface area contributed by atoms with Crippen LogP contribution in [0.3, 0.4) is 0 Å². The molecule has 78 valence electrons. The van der Waals surface area contributed by atoms with Crippen LogP contribution >= 0.6 is 0 Å². The minimum Gasteiger partial charge on any atom is -0.395 e. The Hall–Kier alpha value is -1.04. The smallest absolute Gasteiger partial charge is 0.125 e. The van der Waals surface area contributed by atoms with Gasteiger partial charge in [0, 0.05) is 12.7 Å². The van der Waals surface area contributed by atoms with E-state index in [-0.39, 0.29) is 19.3 Å². The molecule has 0 saturated heterocycles. The first kappa shape index (κ1) is 11.0. The predicted octanol–water partition coefficient (Wildman–Crippen LogP) is -0.772. The monoisotopic (exact) mass is 197 g/mol. The van der Waals surface area contributed by atoms with Crippen LogP contribution in [0.4, 0.5) is 0 Å². The first-order valence-electron chi connectivity index (χ1n) is 4.50. The van der Waals surface area contributed by atoms with Crippen LogP contribution in [0.15, 0.2) is 12.3 Å². The van der Waals surface area contributed by atoms with Crippen LogP contribution in [-0.4, -0.2) is 39.4 Å². The third-order valence-electron chi connectivity index (χ3n) is 1.85. The zero-order chi connectivity index (χ0) is 10.4.